The summed E-state index contributed by atoms with van der Waals surface area (Å²) in [7, 11) is 0. The molecule has 2 rings (SSSR count). The summed E-state index contributed by atoms with van der Waals surface area (Å²) >= 11 is 0. The second-order valence-corrected chi connectivity index (χ2v) is 5.58. The van der Waals surface area contributed by atoms with Crippen LogP contribution in [0.2, 0.25) is 0 Å². The molecule has 0 aromatic carbocycles. The van der Waals surface area contributed by atoms with Gasteiger partial charge in [-0.15, -0.1) is 0 Å². The molecule has 4 heteroatoms. The number of carboxylic acids is 1. The maximum absolute atomic E-state index is 11.5. The Labute approximate surface area is 114 Å². The standard InChI is InChI=1S/C15H22N2O2/c1-3-15(14(18)19)7-4-8-17(11-15)10-13-6-5-12(2)9-16-13/h5-6,9H,3-4,7-8,10-11H2,1-2H3,(H,18,19). The first-order valence-electron chi connectivity index (χ1n) is 6.93. The van der Waals surface area contributed by atoms with Crippen molar-refractivity contribution in [2.75, 3.05) is 13.1 Å². The summed E-state index contributed by atoms with van der Waals surface area (Å²) in [5.74, 6) is -0.656. The van der Waals surface area contributed by atoms with Crippen molar-refractivity contribution in [3.05, 3.63) is 29.6 Å². The van der Waals surface area contributed by atoms with Crippen LogP contribution in [0.25, 0.3) is 0 Å². The van der Waals surface area contributed by atoms with E-state index in [-0.39, 0.29) is 0 Å². The van der Waals surface area contributed by atoms with Crippen LogP contribution in [0.5, 0.6) is 0 Å². The first-order valence-corrected chi connectivity index (χ1v) is 6.93. The van der Waals surface area contributed by atoms with E-state index >= 15 is 0 Å². The summed E-state index contributed by atoms with van der Waals surface area (Å²) in [6.45, 7) is 6.33. The number of likely N-dealkylation sites (tertiary alicyclic amines) is 1. The first kappa shape index (κ1) is 14.0. The van der Waals surface area contributed by atoms with E-state index in [1.807, 2.05) is 26.1 Å². The van der Waals surface area contributed by atoms with Gasteiger partial charge in [-0.25, -0.2) is 0 Å². The summed E-state index contributed by atoms with van der Waals surface area (Å²) in [5.41, 5.74) is 1.60. The summed E-state index contributed by atoms with van der Waals surface area (Å²) in [4.78, 5) is 18.1. The fraction of sp³-hybridized carbons (Fsp3) is 0.600. The van der Waals surface area contributed by atoms with Gasteiger partial charge in [0.1, 0.15) is 0 Å². The summed E-state index contributed by atoms with van der Waals surface area (Å²) in [5, 5.41) is 9.47. The molecule has 1 aromatic heterocycles. The average molecular weight is 262 g/mol. The third-order valence-electron chi connectivity index (χ3n) is 4.14. The van der Waals surface area contributed by atoms with Gasteiger partial charge in [-0.05, 0) is 44.4 Å². The van der Waals surface area contributed by atoms with Crippen LogP contribution in [-0.2, 0) is 11.3 Å². The number of nitrogens with zero attached hydrogens (tertiary/aromatic N) is 2. The minimum Gasteiger partial charge on any atom is -0.481 e. The molecule has 1 aliphatic heterocycles. The molecule has 1 N–H and O–H groups in total. The highest BCUT2D eigenvalue weighted by Gasteiger charge is 2.40. The molecule has 1 aliphatic rings. The lowest BCUT2D eigenvalue weighted by Gasteiger charge is -2.39. The van der Waals surface area contributed by atoms with E-state index in [9.17, 15) is 9.90 Å². The van der Waals surface area contributed by atoms with E-state index in [0.29, 0.717) is 13.0 Å². The largest absolute Gasteiger partial charge is 0.481 e. The summed E-state index contributed by atoms with van der Waals surface area (Å²) < 4.78 is 0. The summed E-state index contributed by atoms with van der Waals surface area (Å²) in [6.07, 6.45) is 4.30. The Hall–Kier alpha value is -1.42. The molecule has 104 valence electrons. The molecule has 1 atom stereocenters. The fourth-order valence-electron chi connectivity index (χ4n) is 2.80. The molecule has 1 aromatic rings. The Bertz CT molecular complexity index is 444. The number of aromatic nitrogens is 1. The molecule has 1 fully saturated rings. The van der Waals surface area contributed by atoms with Gasteiger partial charge in [0.15, 0.2) is 0 Å². The number of carboxylic acid groups (broad SMARTS) is 1. The predicted octanol–water partition coefficient (Wildman–Crippen LogP) is 2.47. The van der Waals surface area contributed by atoms with Gasteiger partial charge in [0.25, 0.3) is 0 Å². The van der Waals surface area contributed by atoms with Gasteiger partial charge in [-0.2, -0.15) is 0 Å². The monoisotopic (exact) mass is 262 g/mol. The third kappa shape index (κ3) is 3.13. The lowest BCUT2D eigenvalue weighted by Crippen LogP contribution is -2.47. The highest BCUT2D eigenvalue weighted by atomic mass is 16.4. The highest BCUT2D eigenvalue weighted by molar-refractivity contribution is 5.75. The zero-order chi connectivity index (χ0) is 13.9. The smallest absolute Gasteiger partial charge is 0.310 e. The van der Waals surface area contributed by atoms with Gasteiger partial charge in [-0.3, -0.25) is 14.7 Å². The Morgan fingerprint density at radius 3 is 2.89 bits per heavy atom. The quantitative estimate of drug-likeness (QED) is 0.905. The van der Waals surface area contributed by atoms with Crippen molar-refractivity contribution in [2.24, 2.45) is 5.41 Å². The average Bonchev–Trinajstić information content (AvgIpc) is 2.41. The van der Waals surface area contributed by atoms with E-state index in [0.717, 1.165) is 37.2 Å². The van der Waals surface area contributed by atoms with Crippen LogP contribution in [0.3, 0.4) is 0 Å². The molecular weight excluding hydrogens is 240 g/mol. The number of hydrogen-bond donors (Lipinski definition) is 1. The van der Waals surface area contributed by atoms with E-state index in [2.05, 4.69) is 16.0 Å². The number of aliphatic carboxylic acids is 1. The van der Waals surface area contributed by atoms with Gasteiger partial charge >= 0.3 is 5.97 Å². The lowest BCUT2D eigenvalue weighted by atomic mass is 9.77. The van der Waals surface area contributed by atoms with Crippen LogP contribution in [0.1, 0.15) is 37.4 Å². The van der Waals surface area contributed by atoms with Crippen molar-refractivity contribution in [1.82, 2.24) is 9.88 Å². The number of carbonyl (C=O) groups is 1. The van der Waals surface area contributed by atoms with Crippen LogP contribution >= 0.6 is 0 Å². The topological polar surface area (TPSA) is 53.4 Å². The normalized spacial score (nSPS) is 24.3. The number of piperidine rings is 1. The van der Waals surface area contributed by atoms with Gasteiger partial charge in [-0.1, -0.05) is 13.0 Å². The van der Waals surface area contributed by atoms with Crippen molar-refractivity contribution >= 4 is 5.97 Å². The van der Waals surface area contributed by atoms with E-state index in [4.69, 9.17) is 0 Å². The van der Waals surface area contributed by atoms with Gasteiger partial charge < -0.3 is 5.11 Å². The third-order valence-corrected chi connectivity index (χ3v) is 4.14. The predicted molar refractivity (Wildman–Crippen MR) is 73.8 cm³/mol. The molecular formula is C15H22N2O2. The van der Waals surface area contributed by atoms with Gasteiger partial charge in [0.05, 0.1) is 11.1 Å². The van der Waals surface area contributed by atoms with Crippen molar-refractivity contribution in [3.8, 4) is 0 Å². The summed E-state index contributed by atoms with van der Waals surface area (Å²) in [6, 6.07) is 4.08. The molecule has 19 heavy (non-hydrogen) atoms. The molecule has 0 spiro atoms. The van der Waals surface area contributed by atoms with Crippen LogP contribution in [-0.4, -0.2) is 34.0 Å². The SMILES string of the molecule is CCC1(C(=O)O)CCCN(Cc2ccc(C)cn2)C1. The zero-order valence-electron chi connectivity index (χ0n) is 11.7. The van der Waals surface area contributed by atoms with Crippen molar-refractivity contribution in [3.63, 3.8) is 0 Å². The molecule has 1 saturated heterocycles. The van der Waals surface area contributed by atoms with Gasteiger partial charge in [0.2, 0.25) is 0 Å². The molecule has 0 bridgehead atoms. The van der Waals surface area contributed by atoms with Crippen molar-refractivity contribution in [2.45, 2.75) is 39.7 Å². The minimum atomic E-state index is -0.656. The molecule has 0 saturated carbocycles. The maximum atomic E-state index is 11.5. The van der Waals surface area contributed by atoms with Crippen LogP contribution < -0.4 is 0 Å². The molecule has 0 aliphatic carbocycles. The number of hydrogen-bond acceptors (Lipinski definition) is 3. The number of pyridine rings is 1. The molecule has 2 heterocycles. The second-order valence-electron chi connectivity index (χ2n) is 5.58. The van der Waals surface area contributed by atoms with E-state index < -0.39 is 11.4 Å². The highest BCUT2D eigenvalue weighted by Crippen LogP contribution is 2.34. The number of aryl methyl sites for hydroxylation is 1. The second kappa shape index (κ2) is 5.70. The molecule has 0 amide bonds. The Morgan fingerprint density at radius 1 is 1.53 bits per heavy atom. The molecule has 4 nitrogen and oxygen atoms in total. The molecule has 1 unspecified atom stereocenters. The zero-order valence-corrected chi connectivity index (χ0v) is 11.7. The Kier molecular flexibility index (Phi) is 4.20. The van der Waals surface area contributed by atoms with E-state index in [1.54, 1.807) is 0 Å². The van der Waals surface area contributed by atoms with Crippen molar-refractivity contribution in [1.29, 1.82) is 0 Å². The molecule has 0 radical (unpaired) electrons. The lowest BCUT2D eigenvalue weighted by molar-refractivity contribution is -0.153. The van der Waals surface area contributed by atoms with Gasteiger partial charge in [0, 0.05) is 19.3 Å². The van der Waals surface area contributed by atoms with Crippen molar-refractivity contribution < 1.29 is 9.90 Å². The number of rotatable bonds is 4. The fourth-order valence-corrected chi connectivity index (χ4v) is 2.80. The van der Waals surface area contributed by atoms with E-state index in [1.165, 1.54) is 0 Å². The van der Waals surface area contributed by atoms with Crippen LogP contribution in [0.4, 0.5) is 0 Å². The van der Waals surface area contributed by atoms with Crippen LogP contribution in [0, 0.1) is 12.3 Å². The van der Waals surface area contributed by atoms with Crippen LogP contribution in [0.15, 0.2) is 18.3 Å². The first-order chi connectivity index (χ1) is 9.05. The maximum Gasteiger partial charge on any atom is 0.310 e. The Morgan fingerprint density at radius 2 is 2.32 bits per heavy atom. The Balaban J connectivity index is 2.05. The minimum absolute atomic E-state index is 0.567.